The van der Waals surface area contributed by atoms with Gasteiger partial charge in [-0.25, -0.2) is 4.79 Å². The first-order valence-corrected chi connectivity index (χ1v) is 7.14. The minimum absolute atomic E-state index is 0.00925. The van der Waals surface area contributed by atoms with Gasteiger partial charge in [-0.1, -0.05) is 0 Å². The normalized spacial score (nSPS) is 18.7. The maximum Gasteiger partial charge on any atom is 0.435 e. The lowest BCUT2D eigenvalue weighted by Gasteiger charge is -2.32. The minimum Gasteiger partial charge on any atom is -0.481 e. The maximum absolute atomic E-state index is 12.6. The van der Waals surface area contributed by atoms with E-state index in [0.29, 0.717) is 19.4 Å². The van der Waals surface area contributed by atoms with Gasteiger partial charge in [0.2, 0.25) is 0 Å². The molecule has 1 aliphatic heterocycles. The zero-order valence-electron chi connectivity index (χ0n) is 12.2. The van der Waals surface area contributed by atoms with E-state index in [0.717, 1.165) is 6.07 Å². The number of hydrogen-bond acceptors (Lipinski definition) is 3. The molecule has 1 aromatic rings. The molecule has 0 aliphatic carbocycles. The highest BCUT2D eigenvalue weighted by atomic mass is 19.4. The lowest BCUT2D eigenvalue weighted by atomic mass is 10.1. The average molecular weight is 334 g/mol. The molecule has 0 radical (unpaired) electrons. The molecule has 23 heavy (non-hydrogen) atoms. The van der Waals surface area contributed by atoms with Crippen molar-refractivity contribution < 1.29 is 27.9 Å². The molecular formula is C13H17F3N4O3. The summed E-state index contributed by atoms with van der Waals surface area (Å²) >= 11 is 0. The fourth-order valence-electron chi connectivity index (χ4n) is 2.44. The molecule has 1 aliphatic rings. The van der Waals surface area contributed by atoms with Crippen LogP contribution in [0.25, 0.3) is 0 Å². The fourth-order valence-corrected chi connectivity index (χ4v) is 2.44. The summed E-state index contributed by atoms with van der Waals surface area (Å²) in [4.78, 5) is 23.8. The first-order chi connectivity index (χ1) is 10.8. The zero-order valence-corrected chi connectivity index (χ0v) is 12.2. The number of carbonyl (C=O) groups is 2. The van der Waals surface area contributed by atoms with E-state index in [-0.39, 0.29) is 25.6 Å². The highest BCUT2D eigenvalue weighted by Gasteiger charge is 2.34. The smallest absolute Gasteiger partial charge is 0.435 e. The summed E-state index contributed by atoms with van der Waals surface area (Å²) in [5, 5.41) is 14.5. The van der Waals surface area contributed by atoms with Crippen molar-refractivity contribution in [3.8, 4) is 0 Å². The lowest BCUT2D eigenvalue weighted by molar-refractivity contribution is -0.141. The molecule has 2 N–H and O–H groups in total. The van der Waals surface area contributed by atoms with Gasteiger partial charge >= 0.3 is 18.2 Å². The van der Waals surface area contributed by atoms with Crippen molar-refractivity contribution in [2.75, 3.05) is 19.6 Å². The second kappa shape index (κ2) is 6.88. The number of aromatic nitrogens is 2. The van der Waals surface area contributed by atoms with Crippen molar-refractivity contribution in [3.05, 3.63) is 18.0 Å². The summed E-state index contributed by atoms with van der Waals surface area (Å²) in [5.41, 5.74) is -0.958. The quantitative estimate of drug-likeness (QED) is 0.878. The minimum atomic E-state index is -4.49. The van der Waals surface area contributed by atoms with Crippen LogP contribution in [0.2, 0.25) is 0 Å². The Balaban J connectivity index is 1.94. The van der Waals surface area contributed by atoms with Crippen LogP contribution in [0.4, 0.5) is 18.0 Å². The van der Waals surface area contributed by atoms with E-state index in [1.54, 1.807) is 0 Å². The number of carboxylic acid groups (broad SMARTS) is 1. The summed E-state index contributed by atoms with van der Waals surface area (Å²) < 4.78 is 39.0. The van der Waals surface area contributed by atoms with Crippen LogP contribution in [0.5, 0.6) is 0 Å². The Morgan fingerprint density at radius 3 is 2.78 bits per heavy atom. The number of rotatable bonds is 4. The molecule has 0 bridgehead atoms. The second-order valence-corrected chi connectivity index (χ2v) is 5.30. The van der Waals surface area contributed by atoms with Gasteiger partial charge in [0, 0.05) is 25.8 Å². The van der Waals surface area contributed by atoms with Gasteiger partial charge in [-0.15, -0.1) is 0 Å². The predicted octanol–water partition coefficient (Wildman–Crippen LogP) is 1.72. The molecule has 1 aromatic heterocycles. The number of likely N-dealkylation sites (tertiary alicyclic amines) is 1. The van der Waals surface area contributed by atoms with E-state index in [4.69, 9.17) is 5.11 Å². The Hall–Kier alpha value is -2.26. The molecule has 128 valence electrons. The van der Waals surface area contributed by atoms with Crippen molar-refractivity contribution in [1.82, 2.24) is 20.0 Å². The summed E-state index contributed by atoms with van der Waals surface area (Å²) in [6, 6.07) is 0.163. The Morgan fingerprint density at radius 1 is 1.43 bits per heavy atom. The third-order valence-corrected chi connectivity index (χ3v) is 3.57. The fraction of sp³-hybridized carbons (Fsp3) is 0.615. The van der Waals surface area contributed by atoms with Crippen LogP contribution in [0.15, 0.2) is 12.3 Å². The van der Waals surface area contributed by atoms with Crippen molar-refractivity contribution >= 4 is 12.0 Å². The molecule has 1 fully saturated rings. The number of aliphatic carboxylic acids is 1. The molecule has 1 atom stereocenters. The predicted molar refractivity (Wildman–Crippen MR) is 72.7 cm³/mol. The number of hydrogen-bond donors (Lipinski definition) is 2. The van der Waals surface area contributed by atoms with Crippen molar-refractivity contribution in [2.24, 2.45) is 0 Å². The molecule has 2 rings (SSSR count). The van der Waals surface area contributed by atoms with E-state index in [1.807, 2.05) is 0 Å². The number of carbonyl (C=O) groups excluding carboxylic acids is 1. The SMILES string of the molecule is O=C(O)CCNC(=O)N1CCCC(n2ccc(C(F)(F)F)n2)C1. The van der Waals surface area contributed by atoms with E-state index in [2.05, 4.69) is 10.4 Å². The molecular weight excluding hydrogens is 317 g/mol. The number of amides is 2. The summed E-state index contributed by atoms with van der Waals surface area (Å²) in [6.45, 7) is 0.718. The maximum atomic E-state index is 12.6. The van der Waals surface area contributed by atoms with Gasteiger partial charge in [-0.05, 0) is 18.9 Å². The molecule has 10 heteroatoms. The number of alkyl halides is 3. The topological polar surface area (TPSA) is 87.5 Å². The molecule has 7 nitrogen and oxygen atoms in total. The van der Waals surface area contributed by atoms with Crippen molar-refractivity contribution in [3.63, 3.8) is 0 Å². The van der Waals surface area contributed by atoms with E-state index < -0.39 is 23.9 Å². The molecule has 1 saturated heterocycles. The van der Waals surface area contributed by atoms with E-state index in [9.17, 15) is 22.8 Å². The zero-order chi connectivity index (χ0) is 17.0. The molecule has 0 spiro atoms. The van der Waals surface area contributed by atoms with E-state index in [1.165, 1.54) is 15.8 Å². The Morgan fingerprint density at radius 2 is 2.17 bits per heavy atom. The van der Waals surface area contributed by atoms with Crippen molar-refractivity contribution in [1.29, 1.82) is 0 Å². The average Bonchev–Trinajstić information content (AvgIpc) is 2.97. The number of piperidine rings is 1. The third kappa shape index (κ3) is 4.60. The van der Waals surface area contributed by atoms with Crippen molar-refractivity contribution in [2.45, 2.75) is 31.5 Å². The summed E-state index contributed by atoms with van der Waals surface area (Å²) in [7, 11) is 0. The van der Waals surface area contributed by atoms with Gasteiger partial charge < -0.3 is 15.3 Å². The van der Waals surface area contributed by atoms with Gasteiger partial charge in [0.15, 0.2) is 5.69 Å². The largest absolute Gasteiger partial charge is 0.481 e. The number of nitrogens with one attached hydrogen (secondary N) is 1. The van der Waals surface area contributed by atoms with Crippen LogP contribution >= 0.6 is 0 Å². The molecule has 2 heterocycles. The summed E-state index contributed by atoms with van der Waals surface area (Å²) in [6.07, 6.45) is -2.15. The monoisotopic (exact) mass is 334 g/mol. The van der Waals surface area contributed by atoms with Gasteiger partial charge in [0.1, 0.15) is 0 Å². The molecule has 1 unspecified atom stereocenters. The van der Waals surface area contributed by atoms with Gasteiger partial charge in [0.25, 0.3) is 0 Å². The van der Waals surface area contributed by atoms with Crippen LogP contribution in [-0.4, -0.2) is 51.4 Å². The highest BCUT2D eigenvalue weighted by molar-refractivity contribution is 5.75. The Labute approximate surface area is 130 Å². The number of urea groups is 1. The molecule has 2 amide bonds. The number of carboxylic acids is 1. The number of nitrogens with zero attached hydrogens (tertiary/aromatic N) is 3. The van der Waals surface area contributed by atoms with Gasteiger partial charge in [-0.3, -0.25) is 9.48 Å². The highest BCUT2D eigenvalue weighted by Crippen LogP contribution is 2.29. The third-order valence-electron chi connectivity index (χ3n) is 3.57. The van der Waals surface area contributed by atoms with Gasteiger partial charge in [0.05, 0.1) is 12.5 Å². The van der Waals surface area contributed by atoms with Crippen LogP contribution < -0.4 is 5.32 Å². The lowest BCUT2D eigenvalue weighted by Crippen LogP contribution is -2.46. The Bertz CT molecular complexity index is 573. The first-order valence-electron chi connectivity index (χ1n) is 7.14. The summed E-state index contributed by atoms with van der Waals surface area (Å²) in [5.74, 6) is -1.02. The molecule has 0 aromatic carbocycles. The van der Waals surface area contributed by atoms with Crippen LogP contribution in [0.3, 0.4) is 0 Å². The Kier molecular flexibility index (Phi) is 5.12. The number of halogens is 3. The van der Waals surface area contributed by atoms with Crippen LogP contribution in [0, 0.1) is 0 Å². The second-order valence-electron chi connectivity index (χ2n) is 5.30. The van der Waals surface area contributed by atoms with Gasteiger partial charge in [-0.2, -0.15) is 18.3 Å². The van der Waals surface area contributed by atoms with E-state index >= 15 is 0 Å². The first kappa shape index (κ1) is 17.1. The molecule has 0 saturated carbocycles. The van der Waals surface area contributed by atoms with Crippen LogP contribution in [-0.2, 0) is 11.0 Å². The van der Waals surface area contributed by atoms with Crippen LogP contribution in [0.1, 0.15) is 31.0 Å². The standard InChI is InChI=1S/C13H17F3N4O3/c14-13(15,16)10-4-7-20(18-10)9-2-1-6-19(8-9)12(23)17-5-3-11(21)22/h4,7,9H,1-3,5-6,8H2,(H,17,23)(H,21,22).